The van der Waals surface area contributed by atoms with Gasteiger partial charge in [0.1, 0.15) is 0 Å². The van der Waals surface area contributed by atoms with Gasteiger partial charge in [-0.3, -0.25) is 11.3 Å². The molecule has 10 heavy (non-hydrogen) atoms. The maximum Gasteiger partial charge on any atom is 0.0946 e. The smallest absolute Gasteiger partial charge is 0.0946 e. The summed E-state index contributed by atoms with van der Waals surface area (Å²) < 4.78 is 1.94. The zero-order valence-corrected chi connectivity index (χ0v) is 6.20. The molecular formula is C6H12N4. The van der Waals surface area contributed by atoms with Gasteiger partial charge < -0.3 is 4.57 Å². The Balaban J connectivity index is 2.82. The molecule has 0 radical (unpaired) electrons. The van der Waals surface area contributed by atoms with Crippen LogP contribution in [0.1, 0.15) is 18.7 Å². The third kappa shape index (κ3) is 1.17. The van der Waals surface area contributed by atoms with Crippen molar-refractivity contribution in [3.05, 3.63) is 18.2 Å². The highest BCUT2D eigenvalue weighted by Crippen LogP contribution is 2.07. The third-order valence-electron chi connectivity index (χ3n) is 1.55. The van der Waals surface area contributed by atoms with Crippen LogP contribution in [0.15, 0.2) is 12.5 Å². The van der Waals surface area contributed by atoms with Gasteiger partial charge in [0.15, 0.2) is 0 Å². The van der Waals surface area contributed by atoms with Gasteiger partial charge in [0, 0.05) is 13.2 Å². The summed E-state index contributed by atoms with van der Waals surface area (Å²) in [6.45, 7) is 1.98. The molecule has 1 heterocycles. The SMILES string of the molecule is CC(NN)c1cncn1C. The summed E-state index contributed by atoms with van der Waals surface area (Å²) >= 11 is 0. The molecule has 3 N–H and O–H groups in total. The number of aromatic nitrogens is 2. The van der Waals surface area contributed by atoms with Crippen LogP contribution in [0.25, 0.3) is 0 Å². The summed E-state index contributed by atoms with van der Waals surface area (Å²) in [7, 11) is 1.94. The molecule has 0 aliphatic carbocycles. The van der Waals surface area contributed by atoms with Gasteiger partial charge in [-0.2, -0.15) is 0 Å². The second kappa shape index (κ2) is 2.81. The Morgan fingerprint density at radius 1 is 1.80 bits per heavy atom. The highest BCUT2D eigenvalue weighted by atomic mass is 15.2. The van der Waals surface area contributed by atoms with E-state index in [0.29, 0.717) is 0 Å². The second-order valence-corrected chi connectivity index (χ2v) is 2.32. The number of nitrogens with zero attached hydrogens (tertiary/aromatic N) is 2. The summed E-state index contributed by atoms with van der Waals surface area (Å²) in [6, 6.07) is 0.160. The van der Waals surface area contributed by atoms with E-state index < -0.39 is 0 Å². The molecule has 0 saturated carbocycles. The number of rotatable bonds is 2. The first-order valence-corrected chi connectivity index (χ1v) is 3.18. The summed E-state index contributed by atoms with van der Waals surface area (Å²) in [5, 5.41) is 0. The highest BCUT2D eigenvalue weighted by molar-refractivity contribution is 5.02. The average molecular weight is 140 g/mol. The lowest BCUT2D eigenvalue weighted by Crippen LogP contribution is -2.26. The predicted molar refractivity (Wildman–Crippen MR) is 38.9 cm³/mol. The number of aryl methyl sites for hydroxylation is 1. The summed E-state index contributed by atoms with van der Waals surface area (Å²) in [4.78, 5) is 3.96. The van der Waals surface area contributed by atoms with Crippen LogP contribution in [0.3, 0.4) is 0 Å². The lowest BCUT2D eigenvalue weighted by Gasteiger charge is -2.09. The van der Waals surface area contributed by atoms with E-state index in [9.17, 15) is 0 Å². The van der Waals surface area contributed by atoms with Crippen LogP contribution in [0.4, 0.5) is 0 Å². The van der Waals surface area contributed by atoms with Gasteiger partial charge in [-0.25, -0.2) is 4.98 Å². The highest BCUT2D eigenvalue weighted by Gasteiger charge is 2.04. The third-order valence-corrected chi connectivity index (χ3v) is 1.55. The fourth-order valence-corrected chi connectivity index (χ4v) is 0.870. The monoisotopic (exact) mass is 140 g/mol. The number of nitrogens with one attached hydrogen (secondary N) is 1. The van der Waals surface area contributed by atoms with Crippen LogP contribution >= 0.6 is 0 Å². The minimum absolute atomic E-state index is 0.160. The first-order chi connectivity index (χ1) is 4.75. The van der Waals surface area contributed by atoms with Gasteiger partial charge in [-0.05, 0) is 6.92 Å². The molecule has 0 saturated heterocycles. The maximum absolute atomic E-state index is 5.24. The Bertz CT molecular complexity index is 205. The van der Waals surface area contributed by atoms with E-state index >= 15 is 0 Å². The molecule has 0 aliphatic rings. The Morgan fingerprint density at radius 2 is 2.50 bits per heavy atom. The lowest BCUT2D eigenvalue weighted by molar-refractivity contribution is 0.566. The standard InChI is InChI=1S/C6H12N4/c1-5(9-7)6-3-8-4-10(6)2/h3-5,9H,7H2,1-2H3. The van der Waals surface area contributed by atoms with Crippen molar-refractivity contribution in [3.8, 4) is 0 Å². The molecule has 4 nitrogen and oxygen atoms in total. The fourth-order valence-electron chi connectivity index (χ4n) is 0.870. The molecule has 1 atom stereocenters. The van der Waals surface area contributed by atoms with Gasteiger partial charge in [0.2, 0.25) is 0 Å². The van der Waals surface area contributed by atoms with Crippen LogP contribution < -0.4 is 11.3 Å². The van der Waals surface area contributed by atoms with E-state index in [4.69, 9.17) is 5.84 Å². The topological polar surface area (TPSA) is 55.9 Å². The van der Waals surface area contributed by atoms with Gasteiger partial charge in [-0.15, -0.1) is 0 Å². The number of hydrogen-bond donors (Lipinski definition) is 2. The van der Waals surface area contributed by atoms with E-state index in [1.54, 1.807) is 12.5 Å². The molecule has 0 bridgehead atoms. The van der Waals surface area contributed by atoms with Crippen LogP contribution in [-0.2, 0) is 7.05 Å². The Hall–Kier alpha value is -0.870. The van der Waals surface area contributed by atoms with Gasteiger partial charge in [0.25, 0.3) is 0 Å². The second-order valence-electron chi connectivity index (χ2n) is 2.32. The quantitative estimate of drug-likeness (QED) is 0.447. The molecule has 1 rings (SSSR count). The van der Waals surface area contributed by atoms with Crippen molar-refractivity contribution >= 4 is 0 Å². The maximum atomic E-state index is 5.24. The first-order valence-electron chi connectivity index (χ1n) is 3.18. The van der Waals surface area contributed by atoms with E-state index in [0.717, 1.165) is 5.69 Å². The number of hydrazine groups is 1. The number of imidazole rings is 1. The van der Waals surface area contributed by atoms with Crippen LogP contribution in [-0.4, -0.2) is 9.55 Å². The van der Waals surface area contributed by atoms with Gasteiger partial charge in [-0.1, -0.05) is 0 Å². The zero-order chi connectivity index (χ0) is 7.56. The molecule has 0 aliphatic heterocycles. The molecule has 1 aromatic heterocycles. The normalized spacial score (nSPS) is 13.5. The Labute approximate surface area is 60.0 Å². The molecule has 0 fully saturated rings. The van der Waals surface area contributed by atoms with Crippen LogP contribution in [0, 0.1) is 0 Å². The molecule has 0 aromatic carbocycles. The zero-order valence-electron chi connectivity index (χ0n) is 6.20. The molecule has 1 aromatic rings. The Kier molecular flexibility index (Phi) is 2.03. The minimum Gasteiger partial charge on any atom is -0.336 e. The van der Waals surface area contributed by atoms with Crippen molar-refractivity contribution in [1.82, 2.24) is 15.0 Å². The molecular weight excluding hydrogens is 128 g/mol. The average Bonchev–Trinajstić information content (AvgIpc) is 2.34. The van der Waals surface area contributed by atoms with E-state index in [-0.39, 0.29) is 6.04 Å². The first kappa shape index (κ1) is 7.24. The van der Waals surface area contributed by atoms with Crippen LogP contribution in [0.2, 0.25) is 0 Å². The fraction of sp³-hybridized carbons (Fsp3) is 0.500. The van der Waals surface area contributed by atoms with Crippen LogP contribution in [0.5, 0.6) is 0 Å². The molecule has 1 unspecified atom stereocenters. The summed E-state index contributed by atoms with van der Waals surface area (Å²) in [5.74, 6) is 5.24. The minimum atomic E-state index is 0.160. The van der Waals surface area contributed by atoms with E-state index in [1.807, 2.05) is 18.5 Å². The van der Waals surface area contributed by atoms with Gasteiger partial charge in [0.05, 0.1) is 18.1 Å². The van der Waals surface area contributed by atoms with E-state index in [1.165, 1.54) is 0 Å². The predicted octanol–water partition coefficient (Wildman–Crippen LogP) is -0.0556. The number of hydrogen-bond acceptors (Lipinski definition) is 3. The van der Waals surface area contributed by atoms with Crippen molar-refractivity contribution in [2.45, 2.75) is 13.0 Å². The molecule has 0 spiro atoms. The van der Waals surface area contributed by atoms with Crippen molar-refractivity contribution < 1.29 is 0 Å². The summed E-state index contributed by atoms with van der Waals surface area (Å²) in [6.07, 6.45) is 3.55. The molecule has 56 valence electrons. The largest absolute Gasteiger partial charge is 0.336 e. The molecule has 4 heteroatoms. The van der Waals surface area contributed by atoms with E-state index in [2.05, 4.69) is 10.4 Å². The van der Waals surface area contributed by atoms with Crippen molar-refractivity contribution in [2.75, 3.05) is 0 Å². The van der Waals surface area contributed by atoms with Gasteiger partial charge >= 0.3 is 0 Å². The van der Waals surface area contributed by atoms with Crippen molar-refractivity contribution in [2.24, 2.45) is 12.9 Å². The van der Waals surface area contributed by atoms with Crippen molar-refractivity contribution in [1.29, 1.82) is 0 Å². The Morgan fingerprint density at radius 3 is 2.90 bits per heavy atom. The summed E-state index contributed by atoms with van der Waals surface area (Å²) in [5.41, 5.74) is 3.73. The van der Waals surface area contributed by atoms with Crippen molar-refractivity contribution in [3.63, 3.8) is 0 Å². The lowest BCUT2D eigenvalue weighted by atomic mass is 10.3. The number of nitrogens with two attached hydrogens (primary N) is 1. The molecule has 0 amide bonds.